The number of hydrogen-bond donors (Lipinski definition) is 1. The molecule has 0 saturated heterocycles. The van der Waals surface area contributed by atoms with E-state index in [0.717, 1.165) is 13.0 Å². The summed E-state index contributed by atoms with van der Waals surface area (Å²) in [5.74, 6) is 0.688. The lowest BCUT2D eigenvalue weighted by molar-refractivity contribution is 0.0556. The molecule has 3 atom stereocenters. The highest BCUT2D eigenvalue weighted by Gasteiger charge is 2.27. The number of likely N-dealkylation sites (N-methyl/N-ethyl adjacent to an activating group) is 1. The van der Waals surface area contributed by atoms with E-state index in [9.17, 15) is 0 Å². The molecular formula is C19H31NO. The minimum atomic E-state index is 0.337. The summed E-state index contributed by atoms with van der Waals surface area (Å²) < 4.78 is 5.77. The zero-order valence-corrected chi connectivity index (χ0v) is 13.9. The molecule has 0 bridgehead atoms. The van der Waals surface area contributed by atoms with Crippen molar-refractivity contribution in [1.82, 2.24) is 5.32 Å². The number of hydrogen-bond acceptors (Lipinski definition) is 2. The van der Waals surface area contributed by atoms with Gasteiger partial charge in [-0.05, 0) is 55.7 Å². The third kappa shape index (κ3) is 4.31. The van der Waals surface area contributed by atoms with Crippen LogP contribution in [0.2, 0.25) is 0 Å². The minimum absolute atomic E-state index is 0.337. The smallest absolute Gasteiger partial charge is 0.0724 e. The number of nitrogens with one attached hydrogen (secondary N) is 1. The second kappa shape index (κ2) is 8.55. The summed E-state index contributed by atoms with van der Waals surface area (Å²) in [6, 6.07) is 9.49. The standard InChI is InChI=1S/C19H31NO/c1-4-9-19(21-3)18(20-5-2)14-16-12-8-11-15-10-6-7-13-17(15)16/h6-7,10,13,16,18-20H,4-5,8-9,11-12,14H2,1-3H3. The first-order valence-electron chi connectivity index (χ1n) is 8.64. The molecule has 1 aliphatic rings. The van der Waals surface area contributed by atoms with Gasteiger partial charge in [0.15, 0.2) is 0 Å². The molecule has 0 fully saturated rings. The summed E-state index contributed by atoms with van der Waals surface area (Å²) in [7, 11) is 1.86. The van der Waals surface area contributed by atoms with Crippen molar-refractivity contribution in [3.8, 4) is 0 Å². The van der Waals surface area contributed by atoms with Crippen molar-refractivity contribution < 1.29 is 4.74 Å². The largest absolute Gasteiger partial charge is 0.380 e. The zero-order valence-electron chi connectivity index (χ0n) is 13.9. The highest BCUT2D eigenvalue weighted by molar-refractivity contribution is 5.32. The number of ether oxygens (including phenoxy) is 1. The Balaban J connectivity index is 2.10. The predicted molar refractivity (Wildman–Crippen MR) is 89.9 cm³/mol. The van der Waals surface area contributed by atoms with Crippen molar-refractivity contribution in [2.24, 2.45) is 0 Å². The molecule has 0 radical (unpaired) electrons. The summed E-state index contributed by atoms with van der Waals surface area (Å²) in [6.45, 7) is 5.45. The van der Waals surface area contributed by atoms with Crippen LogP contribution in [0.4, 0.5) is 0 Å². The van der Waals surface area contributed by atoms with E-state index < -0.39 is 0 Å². The van der Waals surface area contributed by atoms with Crippen molar-refractivity contribution >= 4 is 0 Å². The van der Waals surface area contributed by atoms with Gasteiger partial charge in [0.1, 0.15) is 0 Å². The number of aryl methyl sites for hydroxylation is 1. The van der Waals surface area contributed by atoms with E-state index in [1.54, 1.807) is 11.1 Å². The van der Waals surface area contributed by atoms with Crippen LogP contribution in [0, 0.1) is 0 Å². The number of methoxy groups -OCH3 is 1. The molecule has 118 valence electrons. The van der Waals surface area contributed by atoms with Gasteiger partial charge in [0.25, 0.3) is 0 Å². The molecule has 2 rings (SSSR count). The third-order valence-electron chi connectivity index (χ3n) is 4.82. The molecule has 1 N–H and O–H groups in total. The van der Waals surface area contributed by atoms with Crippen molar-refractivity contribution in [2.45, 2.75) is 70.4 Å². The maximum atomic E-state index is 5.77. The molecule has 1 aromatic rings. The maximum absolute atomic E-state index is 5.77. The second-order valence-corrected chi connectivity index (χ2v) is 6.25. The zero-order chi connectivity index (χ0) is 15.1. The van der Waals surface area contributed by atoms with Gasteiger partial charge in [0, 0.05) is 13.2 Å². The van der Waals surface area contributed by atoms with Crippen LogP contribution in [0.15, 0.2) is 24.3 Å². The van der Waals surface area contributed by atoms with Crippen LogP contribution in [0.5, 0.6) is 0 Å². The van der Waals surface area contributed by atoms with Gasteiger partial charge in [0.05, 0.1) is 6.10 Å². The predicted octanol–water partition coefficient (Wildman–Crippen LogP) is 4.29. The van der Waals surface area contributed by atoms with Gasteiger partial charge in [-0.25, -0.2) is 0 Å². The van der Waals surface area contributed by atoms with Crippen LogP contribution >= 0.6 is 0 Å². The first kappa shape index (κ1) is 16.5. The van der Waals surface area contributed by atoms with E-state index >= 15 is 0 Å². The van der Waals surface area contributed by atoms with Gasteiger partial charge in [-0.2, -0.15) is 0 Å². The number of rotatable bonds is 8. The lowest BCUT2D eigenvalue weighted by Gasteiger charge is -2.33. The fraction of sp³-hybridized carbons (Fsp3) is 0.684. The Kier molecular flexibility index (Phi) is 6.72. The molecule has 21 heavy (non-hydrogen) atoms. The molecule has 1 aromatic carbocycles. The Hall–Kier alpha value is -0.860. The highest BCUT2D eigenvalue weighted by Crippen LogP contribution is 2.35. The summed E-state index contributed by atoms with van der Waals surface area (Å²) in [5, 5.41) is 3.67. The van der Waals surface area contributed by atoms with Crippen LogP contribution in [0.1, 0.15) is 63.0 Å². The van der Waals surface area contributed by atoms with Crippen molar-refractivity contribution in [3.05, 3.63) is 35.4 Å². The van der Waals surface area contributed by atoms with E-state index in [4.69, 9.17) is 4.74 Å². The third-order valence-corrected chi connectivity index (χ3v) is 4.82. The van der Waals surface area contributed by atoms with Crippen molar-refractivity contribution in [2.75, 3.05) is 13.7 Å². The molecule has 0 spiro atoms. The van der Waals surface area contributed by atoms with Crippen LogP contribution in [0.3, 0.4) is 0 Å². The Morgan fingerprint density at radius 1 is 1.29 bits per heavy atom. The minimum Gasteiger partial charge on any atom is -0.380 e. The number of fused-ring (bicyclic) bond motifs is 1. The first-order valence-corrected chi connectivity index (χ1v) is 8.64. The van der Waals surface area contributed by atoms with E-state index in [-0.39, 0.29) is 0 Å². The molecule has 0 saturated carbocycles. The van der Waals surface area contributed by atoms with E-state index in [1.807, 2.05) is 7.11 Å². The average Bonchev–Trinajstić information content (AvgIpc) is 2.52. The van der Waals surface area contributed by atoms with Crippen molar-refractivity contribution in [1.29, 1.82) is 0 Å². The topological polar surface area (TPSA) is 21.3 Å². The van der Waals surface area contributed by atoms with E-state index in [0.29, 0.717) is 18.1 Å². The van der Waals surface area contributed by atoms with Crippen LogP contribution in [-0.4, -0.2) is 25.8 Å². The Labute approximate surface area is 130 Å². The van der Waals surface area contributed by atoms with Gasteiger partial charge in [-0.3, -0.25) is 0 Å². The highest BCUT2D eigenvalue weighted by atomic mass is 16.5. The van der Waals surface area contributed by atoms with Gasteiger partial charge in [0.2, 0.25) is 0 Å². The molecule has 0 aliphatic heterocycles. The quantitative estimate of drug-likeness (QED) is 0.771. The lowest BCUT2D eigenvalue weighted by atomic mass is 9.78. The molecule has 3 unspecified atom stereocenters. The molecule has 2 nitrogen and oxygen atoms in total. The molecule has 0 heterocycles. The van der Waals surface area contributed by atoms with Crippen LogP contribution in [0.25, 0.3) is 0 Å². The summed E-state index contributed by atoms with van der Waals surface area (Å²) >= 11 is 0. The average molecular weight is 289 g/mol. The van der Waals surface area contributed by atoms with Gasteiger partial charge < -0.3 is 10.1 Å². The molecule has 2 heteroatoms. The Morgan fingerprint density at radius 2 is 2.10 bits per heavy atom. The van der Waals surface area contributed by atoms with Crippen LogP contribution < -0.4 is 5.32 Å². The van der Waals surface area contributed by atoms with Gasteiger partial charge in [-0.15, -0.1) is 0 Å². The fourth-order valence-corrected chi connectivity index (χ4v) is 3.80. The van der Waals surface area contributed by atoms with E-state index in [2.05, 4.69) is 43.4 Å². The Bertz CT molecular complexity index is 418. The first-order chi connectivity index (χ1) is 10.3. The van der Waals surface area contributed by atoms with Gasteiger partial charge >= 0.3 is 0 Å². The van der Waals surface area contributed by atoms with Gasteiger partial charge in [-0.1, -0.05) is 44.5 Å². The second-order valence-electron chi connectivity index (χ2n) is 6.25. The summed E-state index contributed by atoms with van der Waals surface area (Å²) in [4.78, 5) is 0. The maximum Gasteiger partial charge on any atom is 0.0724 e. The fourth-order valence-electron chi connectivity index (χ4n) is 3.80. The Morgan fingerprint density at radius 3 is 2.81 bits per heavy atom. The molecule has 1 aliphatic carbocycles. The normalized spacial score (nSPS) is 20.8. The summed E-state index contributed by atoms with van der Waals surface area (Å²) in [5.41, 5.74) is 3.14. The van der Waals surface area contributed by atoms with Crippen molar-refractivity contribution in [3.63, 3.8) is 0 Å². The van der Waals surface area contributed by atoms with E-state index in [1.165, 1.54) is 32.1 Å². The molecule has 0 amide bonds. The van der Waals surface area contributed by atoms with Crippen LogP contribution in [-0.2, 0) is 11.2 Å². The SMILES string of the molecule is CCCC(OC)C(CC1CCCc2ccccc21)NCC. The summed E-state index contributed by atoms with van der Waals surface area (Å²) in [6.07, 6.45) is 7.76. The lowest BCUT2D eigenvalue weighted by Crippen LogP contribution is -2.42. The molecule has 0 aromatic heterocycles. The number of benzene rings is 1. The molecular weight excluding hydrogens is 258 g/mol. The monoisotopic (exact) mass is 289 g/mol.